The summed E-state index contributed by atoms with van der Waals surface area (Å²) in [4.78, 5) is 4.28. The molecule has 0 aliphatic carbocycles. The van der Waals surface area contributed by atoms with E-state index in [0.717, 1.165) is 30.9 Å². The molecule has 2 aromatic rings. The lowest BCUT2D eigenvalue weighted by Crippen LogP contribution is -2.24. The van der Waals surface area contributed by atoms with Crippen LogP contribution < -0.4 is 5.32 Å². The first-order chi connectivity index (χ1) is 8.62. The lowest BCUT2D eigenvalue weighted by molar-refractivity contribution is 0.248. The Labute approximate surface area is 106 Å². The fourth-order valence-corrected chi connectivity index (χ4v) is 1.85. The van der Waals surface area contributed by atoms with Crippen molar-refractivity contribution in [2.24, 2.45) is 5.41 Å². The molecule has 0 fully saturated rings. The minimum Gasteiger partial charge on any atom is -0.396 e. The maximum Gasteiger partial charge on any atom is 0.203 e. The van der Waals surface area contributed by atoms with Gasteiger partial charge in [0.1, 0.15) is 6.33 Å². The number of nitrogens with zero attached hydrogens (tertiary/aromatic N) is 4. The molecule has 0 aliphatic heterocycles. The summed E-state index contributed by atoms with van der Waals surface area (Å²) in [5.41, 5.74) is 0.840. The van der Waals surface area contributed by atoms with Gasteiger partial charge >= 0.3 is 0 Å². The quantitative estimate of drug-likeness (QED) is 0.808. The molecule has 2 N–H and O–H groups in total. The van der Waals surface area contributed by atoms with Crippen molar-refractivity contribution in [3.63, 3.8) is 0 Å². The normalized spacial score (nSPS) is 11.9. The van der Waals surface area contributed by atoms with Gasteiger partial charge in [-0.3, -0.25) is 4.40 Å². The molecule has 0 saturated carbocycles. The summed E-state index contributed by atoms with van der Waals surface area (Å²) in [6.07, 6.45) is 6.97. The van der Waals surface area contributed by atoms with Crippen LogP contribution in [0.2, 0.25) is 0 Å². The lowest BCUT2D eigenvalue weighted by atomic mass is 9.88. The number of hydrogen-bond donors (Lipinski definition) is 2. The molecule has 0 atom stereocenters. The topological polar surface area (TPSA) is 75.3 Å². The van der Waals surface area contributed by atoms with Gasteiger partial charge in [0.15, 0.2) is 5.82 Å². The number of aromatic nitrogens is 4. The summed E-state index contributed by atoms with van der Waals surface area (Å²) in [5, 5.41) is 20.1. The fraction of sp³-hybridized carbons (Fsp3) is 0.583. The van der Waals surface area contributed by atoms with E-state index in [1.54, 1.807) is 12.5 Å². The Balaban J connectivity index is 2.03. The summed E-state index contributed by atoms with van der Waals surface area (Å²) >= 11 is 0. The maximum absolute atomic E-state index is 8.87. The van der Waals surface area contributed by atoms with Crippen molar-refractivity contribution in [2.75, 3.05) is 18.5 Å². The molecule has 0 unspecified atom stereocenters. The van der Waals surface area contributed by atoms with Gasteiger partial charge in [0.05, 0.1) is 0 Å². The molecule has 0 aliphatic rings. The standard InChI is InChI=1S/C12H19N5O/c1-12(2,4-3-7-18)8-14-10-11-16-15-9-17(11)6-5-13-10/h5-6,9,18H,3-4,7-8H2,1-2H3,(H,13,14). The van der Waals surface area contributed by atoms with Crippen molar-refractivity contribution in [3.05, 3.63) is 18.7 Å². The molecular formula is C12H19N5O. The SMILES string of the molecule is CC(C)(CCCO)CNc1nccn2cnnc12. The Morgan fingerprint density at radius 2 is 2.28 bits per heavy atom. The molecule has 6 nitrogen and oxygen atoms in total. The Bertz CT molecular complexity index is 508. The van der Waals surface area contributed by atoms with Crippen molar-refractivity contribution in [3.8, 4) is 0 Å². The van der Waals surface area contributed by atoms with E-state index in [1.165, 1.54) is 0 Å². The van der Waals surface area contributed by atoms with E-state index in [0.29, 0.717) is 0 Å². The van der Waals surface area contributed by atoms with Gasteiger partial charge in [0, 0.05) is 25.5 Å². The maximum atomic E-state index is 8.87. The highest BCUT2D eigenvalue weighted by Crippen LogP contribution is 2.23. The van der Waals surface area contributed by atoms with Crippen LogP contribution in [0.4, 0.5) is 5.82 Å². The molecule has 0 radical (unpaired) electrons. The van der Waals surface area contributed by atoms with Gasteiger partial charge < -0.3 is 10.4 Å². The van der Waals surface area contributed by atoms with Crippen LogP contribution in [0.1, 0.15) is 26.7 Å². The van der Waals surface area contributed by atoms with Crippen LogP contribution in [-0.4, -0.2) is 37.8 Å². The van der Waals surface area contributed by atoms with E-state index in [9.17, 15) is 0 Å². The van der Waals surface area contributed by atoms with Gasteiger partial charge in [0.2, 0.25) is 5.65 Å². The molecule has 0 aromatic carbocycles. The number of aliphatic hydroxyl groups is 1. The smallest absolute Gasteiger partial charge is 0.203 e. The van der Waals surface area contributed by atoms with E-state index in [2.05, 4.69) is 34.3 Å². The van der Waals surface area contributed by atoms with Crippen molar-refractivity contribution in [1.29, 1.82) is 0 Å². The van der Waals surface area contributed by atoms with Crippen molar-refractivity contribution in [2.45, 2.75) is 26.7 Å². The number of hydrogen-bond acceptors (Lipinski definition) is 5. The van der Waals surface area contributed by atoms with Gasteiger partial charge in [-0.15, -0.1) is 10.2 Å². The fourth-order valence-electron chi connectivity index (χ4n) is 1.85. The first-order valence-corrected chi connectivity index (χ1v) is 6.11. The van der Waals surface area contributed by atoms with E-state index in [-0.39, 0.29) is 12.0 Å². The molecule has 98 valence electrons. The zero-order valence-corrected chi connectivity index (χ0v) is 10.8. The van der Waals surface area contributed by atoms with Gasteiger partial charge in [0.25, 0.3) is 0 Å². The molecular weight excluding hydrogens is 230 g/mol. The summed E-state index contributed by atoms with van der Waals surface area (Å²) < 4.78 is 1.83. The van der Waals surface area contributed by atoms with Crippen LogP contribution in [0.15, 0.2) is 18.7 Å². The summed E-state index contributed by atoms with van der Waals surface area (Å²) in [6, 6.07) is 0. The van der Waals surface area contributed by atoms with Gasteiger partial charge in [-0.2, -0.15) is 0 Å². The molecule has 6 heteroatoms. The Morgan fingerprint density at radius 3 is 3.06 bits per heavy atom. The average molecular weight is 249 g/mol. The van der Waals surface area contributed by atoms with Crippen LogP contribution in [-0.2, 0) is 0 Å². The number of rotatable bonds is 6. The molecule has 0 amide bonds. The monoisotopic (exact) mass is 249 g/mol. The van der Waals surface area contributed by atoms with E-state index in [1.807, 2.05) is 10.6 Å². The van der Waals surface area contributed by atoms with Gasteiger partial charge in [-0.25, -0.2) is 4.98 Å². The van der Waals surface area contributed by atoms with E-state index >= 15 is 0 Å². The molecule has 0 spiro atoms. The second-order valence-electron chi connectivity index (χ2n) is 5.18. The average Bonchev–Trinajstić information content (AvgIpc) is 2.82. The molecule has 2 aromatic heterocycles. The number of anilines is 1. The third kappa shape index (κ3) is 2.95. The summed E-state index contributed by atoms with van der Waals surface area (Å²) in [7, 11) is 0. The van der Waals surface area contributed by atoms with Crippen LogP contribution in [0, 0.1) is 5.41 Å². The van der Waals surface area contributed by atoms with Crippen LogP contribution in [0.25, 0.3) is 5.65 Å². The second-order valence-corrected chi connectivity index (χ2v) is 5.18. The third-order valence-electron chi connectivity index (χ3n) is 2.96. The highest BCUT2D eigenvalue weighted by Gasteiger charge is 2.18. The van der Waals surface area contributed by atoms with Gasteiger partial charge in [-0.1, -0.05) is 13.8 Å². The van der Waals surface area contributed by atoms with Gasteiger partial charge in [-0.05, 0) is 18.3 Å². The summed E-state index contributed by atoms with van der Waals surface area (Å²) in [6.45, 7) is 5.35. The predicted molar refractivity (Wildman–Crippen MR) is 69.4 cm³/mol. The zero-order chi connectivity index (χ0) is 13.0. The Hall–Kier alpha value is -1.69. The van der Waals surface area contributed by atoms with Crippen molar-refractivity contribution in [1.82, 2.24) is 19.6 Å². The van der Waals surface area contributed by atoms with Crippen LogP contribution in [0.3, 0.4) is 0 Å². The number of nitrogens with one attached hydrogen (secondary N) is 1. The molecule has 2 rings (SSSR count). The lowest BCUT2D eigenvalue weighted by Gasteiger charge is -2.24. The Kier molecular flexibility index (Phi) is 3.76. The molecule has 0 saturated heterocycles. The minimum absolute atomic E-state index is 0.108. The second kappa shape index (κ2) is 5.30. The van der Waals surface area contributed by atoms with Crippen molar-refractivity contribution < 1.29 is 5.11 Å². The number of fused-ring (bicyclic) bond motifs is 1. The minimum atomic E-state index is 0.108. The Morgan fingerprint density at radius 1 is 1.44 bits per heavy atom. The van der Waals surface area contributed by atoms with Crippen LogP contribution in [0.5, 0.6) is 0 Å². The molecule has 2 heterocycles. The number of aliphatic hydroxyl groups excluding tert-OH is 1. The van der Waals surface area contributed by atoms with E-state index in [4.69, 9.17) is 5.11 Å². The largest absolute Gasteiger partial charge is 0.396 e. The highest BCUT2D eigenvalue weighted by atomic mass is 16.2. The third-order valence-corrected chi connectivity index (χ3v) is 2.96. The molecule has 18 heavy (non-hydrogen) atoms. The first kappa shape index (κ1) is 12.8. The zero-order valence-electron chi connectivity index (χ0n) is 10.8. The van der Waals surface area contributed by atoms with E-state index < -0.39 is 0 Å². The predicted octanol–water partition coefficient (Wildman–Crippen LogP) is 1.33. The highest BCUT2D eigenvalue weighted by molar-refractivity contribution is 5.61. The summed E-state index contributed by atoms with van der Waals surface area (Å²) in [5.74, 6) is 0.743. The first-order valence-electron chi connectivity index (χ1n) is 6.11. The molecule has 0 bridgehead atoms. The van der Waals surface area contributed by atoms with Crippen molar-refractivity contribution >= 4 is 11.5 Å². The van der Waals surface area contributed by atoms with Crippen LogP contribution >= 0.6 is 0 Å².